The third-order valence-corrected chi connectivity index (χ3v) is 3.11. The van der Waals surface area contributed by atoms with Crippen LogP contribution < -0.4 is 0 Å². The van der Waals surface area contributed by atoms with Crippen LogP contribution in [0.15, 0.2) is 33.8 Å². The van der Waals surface area contributed by atoms with Crippen molar-refractivity contribution in [3.63, 3.8) is 0 Å². The van der Waals surface area contributed by atoms with E-state index in [-0.39, 0.29) is 18.2 Å². The van der Waals surface area contributed by atoms with E-state index in [1.54, 1.807) is 25.1 Å². The van der Waals surface area contributed by atoms with Gasteiger partial charge >= 0.3 is 5.97 Å². The first kappa shape index (κ1) is 13.0. The molecule has 0 aliphatic rings. The maximum Gasteiger partial charge on any atom is 0.360 e. The zero-order chi connectivity index (χ0) is 13.1. The highest BCUT2D eigenvalue weighted by Crippen LogP contribution is 2.31. The van der Waals surface area contributed by atoms with Crippen LogP contribution in [0.1, 0.15) is 17.4 Å². The first-order valence-corrected chi connectivity index (χ1v) is 6.06. The van der Waals surface area contributed by atoms with Gasteiger partial charge in [0.05, 0.1) is 17.2 Å². The Kier molecular flexibility index (Phi) is 3.93. The van der Waals surface area contributed by atoms with Crippen LogP contribution in [0.25, 0.3) is 11.5 Å². The highest BCUT2D eigenvalue weighted by Gasteiger charge is 2.16. The van der Waals surface area contributed by atoms with Gasteiger partial charge in [0.25, 0.3) is 0 Å². The Balaban J connectivity index is 2.35. The molecule has 2 aromatic rings. The molecule has 0 saturated heterocycles. The zero-order valence-corrected chi connectivity index (χ0v) is 11.2. The number of esters is 1. The summed E-state index contributed by atoms with van der Waals surface area (Å²) in [6.45, 7) is 2.01. The summed E-state index contributed by atoms with van der Waals surface area (Å²) in [7, 11) is 0. The number of carbonyl (C=O) groups excluding carboxylic acids is 1. The van der Waals surface area contributed by atoms with E-state index < -0.39 is 5.97 Å². The SMILES string of the molecule is CCOC(=O)c1coc(-c2cccc(S)c2Cl)n1. The molecule has 0 atom stereocenters. The Labute approximate surface area is 114 Å². The number of nitrogens with zero attached hydrogens (tertiary/aromatic N) is 1. The monoisotopic (exact) mass is 283 g/mol. The van der Waals surface area contributed by atoms with E-state index in [0.717, 1.165) is 0 Å². The summed E-state index contributed by atoms with van der Waals surface area (Å²) in [5, 5.41) is 0.429. The van der Waals surface area contributed by atoms with Crippen LogP contribution >= 0.6 is 24.2 Å². The van der Waals surface area contributed by atoms with Gasteiger partial charge in [0.2, 0.25) is 5.89 Å². The molecule has 94 valence electrons. The normalized spacial score (nSPS) is 10.4. The minimum Gasteiger partial charge on any atom is -0.461 e. The molecule has 0 aliphatic carbocycles. The van der Waals surface area contributed by atoms with Crippen molar-refractivity contribution in [3.8, 4) is 11.5 Å². The van der Waals surface area contributed by atoms with Gasteiger partial charge in [0, 0.05) is 4.90 Å². The molecule has 0 bridgehead atoms. The smallest absolute Gasteiger partial charge is 0.360 e. The maximum atomic E-state index is 11.4. The summed E-state index contributed by atoms with van der Waals surface area (Å²) in [5.41, 5.74) is 0.701. The van der Waals surface area contributed by atoms with Crippen LogP contribution in [0.2, 0.25) is 5.02 Å². The van der Waals surface area contributed by atoms with Crippen molar-refractivity contribution in [3.05, 3.63) is 35.2 Å². The molecule has 4 nitrogen and oxygen atoms in total. The molecule has 0 N–H and O–H groups in total. The standard InChI is InChI=1S/C12H10ClNO3S/c1-2-16-12(15)8-6-17-11(14-8)7-4-3-5-9(18)10(7)13/h3-6,18H,2H2,1H3. The fourth-order valence-electron chi connectivity index (χ4n) is 1.38. The van der Waals surface area contributed by atoms with Crippen LogP contribution in [0.5, 0.6) is 0 Å². The Morgan fingerprint density at radius 1 is 1.56 bits per heavy atom. The largest absolute Gasteiger partial charge is 0.461 e. The first-order valence-electron chi connectivity index (χ1n) is 5.24. The van der Waals surface area contributed by atoms with Gasteiger partial charge < -0.3 is 9.15 Å². The fourth-order valence-corrected chi connectivity index (χ4v) is 1.79. The van der Waals surface area contributed by atoms with E-state index in [1.807, 2.05) is 0 Å². The van der Waals surface area contributed by atoms with Gasteiger partial charge in [-0.25, -0.2) is 9.78 Å². The maximum absolute atomic E-state index is 11.4. The second kappa shape index (κ2) is 5.46. The number of thiol groups is 1. The molecule has 0 amide bonds. The average Bonchev–Trinajstić information content (AvgIpc) is 2.82. The lowest BCUT2D eigenvalue weighted by Gasteiger charge is -2.01. The van der Waals surface area contributed by atoms with Crippen LogP contribution in [0.4, 0.5) is 0 Å². The van der Waals surface area contributed by atoms with Gasteiger partial charge in [0.15, 0.2) is 5.69 Å². The molecular formula is C12H10ClNO3S. The highest BCUT2D eigenvalue weighted by atomic mass is 35.5. The number of hydrogen-bond acceptors (Lipinski definition) is 5. The molecule has 0 saturated carbocycles. The number of carbonyl (C=O) groups is 1. The lowest BCUT2D eigenvalue weighted by Crippen LogP contribution is -2.04. The average molecular weight is 284 g/mol. The molecule has 0 spiro atoms. The Hall–Kier alpha value is -1.46. The zero-order valence-electron chi connectivity index (χ0n) is 9.51. The van der Waals surface area contributed by atoms with Crippen LogP contribution in [0, 0.1) is 0 Å². The molecule has 1 aromatic carbocycles. The van der Waals surface area contributed by atoms with E-state index in [4.69, 9.17) is 20.8 Å². The molecule has 0 radical (unpaired) electrons. The van der Waals surface area contributed by atoms with E-state index >= 15 is 0 Å². The van der Waals surface area contributed by atoms with Gasteiger partial charge in [-0.3, -0.25) is 0 Å². The lowest BCUT2D eigenvalue weighted by molar-refractivity contribution is 0.0519. The second-order valence-electron chi connectivity index (χ2n) is 3.40. The summed E-state index contributed by atoms with van der Waals surface area (Å²) in [5.74, 6) is -0.260. The number of oxazole rings is 1. The first-order chi connectivity index (χ1) is 8.63. The van der Waals surface area contributed by atoms with E-state index in [2.05, 4.69) is 17.6 Å². The summed E-state index contributed by atoms with van der Waals surface area (Å²) >= 11 is 10.3. The number of ether oxygens (including phenoxy) is 1. The molecule has 1 aromatic heterocycles. The van der Waals surface area contributed by atoms with Crippen LogP contribution in [-0.2, 0) is 4.74 Å². The van der Waals surface area contributed by atoms with Crippen LogP contribution in [-0.4, -0.2) is 17.6 Å². The van der Waals surface area contributed by atoms with Gasteiger partial charge in [-0.2, -0.15) is 0 Å². The summed E-state index contributed by atoms with van der Waals surface area (Å²) in [6.07, 6.45) is 1.24. The summed E-state index contributed by atoms with van der Waals surface area (Å²) in [6, 6.07) is 5.27. The molecule has 1 heterocycles. The van der Waals surface area contributed by atoms with E-state index in [1.165, 1.54) is 6.26 Å². The molecule has 0 unspecified atom stereocenters. The van der Waals surface area contributed by atoms with Crippen molar-refractivity contribution in [2.75, 3.05) is 6.61 Å². The Morgan fingerprint density at radius 3 is 3.06 bits per heavy atom. The summed E-state index contributed by atoms with van der Waals surface area (Å²) < 4.78 is 10.0. The summed E-state index contributed by atoms with van der Waals surface area (Å²) in [4.78, 5) is 16.1. The number of halogens is 1. The quantitative estimate of drug-likeness (QED) is 0.692. The van der Waals surface area contributed by atoms with Crippen molar-refractivity contribution >= 4 is 30.2 Å². The predicted molar refractivity (Wildman–Crippen MR) is 70.2 cm³/mol. The van der Waals surface area contributed by atoms with Gasteiger partial charge in [-0.1, -0.05) is 17.7 Å². The van der Waals surface area contributed by atoms with E-state index in [0.29, 0.717) is 15.5 Å². The molecule has 6 heteroatoms. The van der Waals surface area contributed by atoms with Crippen LogP contribution in [0.3, 0.4) is 0 Å². The fraction of sp³-hybridized carbons (Fsp3) is 0.167. The number of hydrogen-bond donors (Lipinski definition) is 1. The van der Waals surface area contributed by atoms with Gasteiger partial charge in [0.1, 0.15) is 6.26 Å². The number of aromatic nitrogens is 1. The number of rotatable bonds is 3. The van der Waals surface area contributed by atoms with E-state index in [9.17, 15) is 4.79 Å². The molecule has 18 heavy (non-hydrogen) atoms. The topological polar surface area (TPSA) is 52.3 Å². The van der Waals surface area contributed by atoms with Crippen molar-refractivity contribution < 1.29 is 13.9 Å². The third kappa shape index (κ3) is 2.52. The van der Waals surface area contributed by atoms with Crippen molar-refractivity contribution in [1.29, 1.82) is 0 Å². The minimum absolute atomic E-state index is 0.118. The third-order valence-electron chi connectivity index (χ3n) is 2.20. The highest BCUT2D eigenvalue weighted by molar-refractivity contribution is 7.80. The minimum atomic E-state index is -0.523. The van der Waals surface area contributed by atoms with Crippen molar-refractivity contribution in [2.45, 2.75) is 11.8 Å². The molecule has 0 fully saturated rings. The second-order valence-corrected chi connectivity index (χ2v) is 4.26. The lowest BCUT2D eigenvalue weighted by atomic mass is 10.2. The molecule has 2 rings (SSSR count). The molecule has 0 aliphatic heterocycles. The Morgan fingerprint density at radius 2 is 2.33 bits per heavy atom. The van der Waals surface area contributed by atoms with Crippen molar-refractivity contribution in [1.82, 2.24) is 4.98 Å². The number of benzene rings is 1. The molecular weight excluding hydrogens is 274 g/mol. The van der Waals surface area contributed by atoms with Gasteiger partial charge in [-0.15, -0.1) is 12.6 Å². The Bertz CT molecular complexity index is 582. The van der Waals surface area contributed by atoms with Gasteiger partial charge in [-0.05, 0) is 19.1 Å². The predicted octanol–water partition coefficient (Wildman–Crippen LogP) is 3.46. The van der Waals surface area contributed by atoms with Crippen molar-refractivity contribution in [2.24, 2.45) is 0 Å².